The van der Waals surface area contributed by atoms with Gasteiger partial charge >= 0.3 is 0 Å². The maximum Gasteiger partial charge on any atom is 0.269 e. The van der Waals surface area contributed by atoms with Crippen LogP contribution in [0, 0.1) is 24.2 Å². The minimum Gasteiger partial charge on any atom is -0.292 e. The van der Waals surface area contributed by atoms with Gasteiger partial charge in [0.1, 0.15) is 6.33 Å². The number of hydrogen-bond acceptors (Lipinski definition) is 7. The molecule has 4 rings (SSSR count). The van der Waals surface area contributed by atoms with E-state index in [1.54, 1.807) is 30.3 Å². The minimum atomic E-state index is -3.76. The van der Waals surface area contributed by atoms with Crippen LogP contribution in [0.5, 0.6) is 0 Å². The summed E-state index contributed by atoms with van der Waals surface area (Å²) in [6.07, 6.45) is 5.51. The number of hydrazine groups is 1. The van der Waals surface area contributed by atoms with Crippen molar-refractivity contribution in [1.82, 2.24) is 18.9 Å². The van der Waals surface area contributed by atoms with Crippen molar-refractivity contribution in [3.8, 4) is 6.07 Å². The topological polar surface area (TPSA) is 95.1 Å². The number of nitriles is 1. The second-order valence-electron chi connectivity index (χ2n) is 7.67. The van der Waals surface area contributed by atoms with E-state index in [-0.39, 0.29) is 4.90 Å². The van der Waals surface area contributed by atoms with Gasteiger partial charge in [-0.2, -0.15) is 5.26 Å². The highest BCUT2D eigenvalue weighted by molar-refractivity contribution is 7.90. The van der Waals surface area contributed by atoms with Crippen LogP contribution in [0.3, 0.4) is 0 Å². The molecule has 2 aromatic heterocycles. The number of aromatic nitrogens is 3. The van der Waals surface area contributed by atoms with E-state index in [9.17, 15) is 8.42 Å². The first-order valence-corrected chi connectivity index (χ1v) is 11.4. The number of nitrogens with zero attached hydrogens (tertiary/aromatic N) is 6. The van der Waals surface area contributed by atoms with Gasteiger partial charge in [-0.15, -0.1) is 0 Å². The fourth-order valence-electron chi connectivity index (χ4n) is 3.94. The minimum absolute atomic E-state index is 0.217. The van der Waals surface area contributed by atoms with Gasteiger partial charge in [0.2, 0.25) is 0 Å². The van der Waals surface area contributed by atoms with Crippen LogP contribution in [0.15, 0.2) is 47.8 Å². The number of fused-ring (bicyclic) bond motifs is 1. The Morgan fingerprint density at radius 2 is 2.00 bits per heavy atom. The molecule has 0 amide bonds. The SMILES string of the molecule is Cc1ccc(S(=O)(=O)n2ccc3c(N(C)N4CCCC(CC#N)C4)ncnc32)cc1. The molecule has 1 unspecified atom stereocenters. The Kier molecular flexibility index (Phi) is 5.45. The van der Waals surface area contributed by atoms with Crippen molar-refractivity contribution < 1.29 is 8.42 Å². The highest BCUT2D eigenvalue weighted by Crippen LogP contribution is 2.29. The molecule has 1 atom stereocenters. The Morgan fingerprint density at radius 3 is 2.73 bits per heavy atom. The van der Waals surface area contributed by atoms with Crippen molar-refractivity contribution in [3.05, 3.63) is 48.4 Å². The average molecular weight is 425 g/mol. The van der Waals surface area contributed by atoms with E-state index in [1.807, 2.05) is 19.0 Å². The molecule has 1 aliphatic heterocycles. The Morgan fingerprint density at radius 1 is 1.23 bits per heavy atom. The summed E-state index contributed by atoms with van der Waals surface area (Å²) >= 11 is 0. The van der Waals surface area contributed by atoms with Crippen molar-refractivity contribution in [3.63, 3.8) is 0 Å². The van der Waals surface area contributed by atoms with Gasteiger partial charge in [0, 0.05) is 32.8 Å². The van der Waals surface area contributed by atoms with Crippen LogP contribution in [0.1, 0.15) is 24.8 Å². The zero-order valence-corrected chi connectivity index (χ0v) is 17.9. The van der Waals surface area contributed by atoms with Crippen LogP contribution in [-0.2, 0) is 10.0 Å². The number of piperidine rings is 1. The molecule has 0 saturated carbocycles. The van der Waals surface area contributed by atoms with E-state index in [0.717, 1.165) is 31.5 Å². The third-order valence-electron chi connectivity index (χ3n) is 5.61. The van der Waals surface area contributed by atoms with E-state index in [1.165, 1.54) is 16.5 Å². The normalized spacial score (nSPS) is 17.7. The molecule has 0 radical (unpaired) electrons. The van der Waals surface area contributed by atoms with Gasteiger partial charge in [-0.1, -0.05) is 17.7 Å². The summed E-state index contributed by atoms with van der Waals surface area (Å²) in [5.41, 5.74) is 1.34. The lowest BCUT2D eigenvalue weighted by Gasteiger charge is -2.38. The fraction of sp³-hybridized carbons (Fsp3) is 0.381. The zero-order valence-electron chi connectivity index (χ0n) is 17.1. The zero-order chi connectivity index (χ0) is 21.3. The predicted octanol–water partition coefficient (Wildman–Crippen LogP) is 2.95. The first-order valence-electron chi connectivity index (χ1n) is 9.91. The van der Waals surface area contributed by atoms with E-state index < -0.39 is 10.0 Å². The Bertz CT molecular complexity index is 1200. The van der Waals surface area contributed by atoms with Gasteiger partial charge < -0.3 is 0 Å². The van der Waals surface area contributed by atoms with Gasteiger partial charge in [0.15, 0.2) is 11.5 Å². The number of anilines is 1. The second kappa shape index (κ2) is 8.05. The highest BCUT2D eigenvalue weighted by Gasteiger charge is 2.26. The highest BCUT2D eigenvalue weighted by atomic mass is 32.2. The molecule has 0 spiro atoms. The Balaban J connectivity index is 1.70. The van der Waals surface area contributed by atoms with Gasteiger partial charge in [-0.25, -0.2) is 27.4 Å². The predicted molar refractivity (Wildman–Crippen MR) is 114 cm³/mol. The van der Waals surface area contributed by atoms with Crippen molar-refractivity contribution in [1.29, 1.82) is 5.26 Å². The largest absolute Gasteiger partial charge is 0.292 e. The summed E-state index contributed by atoms with van der Waals surface area (Å²) in [5, 5.41) is 13.8. The molecule has 0 aliphatic carbocycles. The van der Waals surface area contributed by atoms with Gasteiger partial charge in [-0.3, -0.25) is 5.01 Å². The van der Waals surface area contributed by atoms with Crippen molar-refractivity contribution in [2.24, 2.45) is 5.92 Å². The molecule has 30 heavy (non-hydrogen) atoms. The molecule has 0 bridgehead atoms. The van der Waals surface area contributed by atoms with Crippen LogP contribution in [0.25, 0.3) is 11.0 Å². The number of hydrogen-bond donors (Lipinski definition) is 0. The average Bonchev–Trinajstić information content (AvgIpc) is 3.19. The first-order chi connectivity index (χ1) is 14.4. The summed E-state index contributed by atoms with van der Waals surface area (Å²) in [7, 11) is -1.85. The van der Waals surface area contributed by atoms with E-state index in [4.69, 9.17) is 5.26 Å². The van der Waals surface area contributed by atoms with Crippen LogP contribution >= 0.6 is 0 Å². The molecule has 3 heterocycles. The molecule has 1 saturated heterocycles. The molecular weight excluding hydrogens is 400 g/mol. The summed E-state index contributed by atoms with van der Waals surface area (Å²) in [6, 6.07) is 10.8. The van der Waals surface area contributed by atoms with E-state index >= 15 is 0 Å². The third-order valence-corrected chi connectivity index (χ3v) is 7.29. The lowest BCUT2D eigenvalue weighted by molar-refractivity contribution is 0.168. The molecule has 3 aromatic rings. The summed E-state index contributed by atoms with van der Waals surface area (Å²) in [6.45, 7) is 3.56. The lowest BCUT2D eigenvalue weighted by atomic mass is 9.96. The van der Waals surface area contributed by atoms with Crippen molar-refractivity contribution >= 4 is 26.9 Å². The number of rotatable bonds is 5. The molecule has 1 aromatic carbocycles. The van der Waals surface area contributed by atoms with Crippen molar-refractivity contribution in [2.45, 2.75) is 31.1 Å². The van der Waals surface area contributed by atoms with Gasteiger partial charge in [0.25, 0.3) is 10.0 Å². The van der Waals surface area contributed by atoms with Crippen molar-refractivity contribution in [2.75, 3.05) is 25.1 Å². The van der Waals surface area contributed by atoms with Gasteiger partial charge in [0.05, 0.1) is 16.4 Å². The molecular formula is C21H24N6O2S. The molecule has 1 aliphatic rings. The summed E-state index contributed by atoms with van der Waals surface area (Å²) in [5.74, 6) is 0.977. The second-order valence-corrected chi connectivity index (χ2v) is 9.49. The lowest BCUT2D eigenvalue weighted by Crippen LogP contribution is -2.46. The van der Waals surface area contributed by atoms with Crippen LogP contribution in [0.2, 0.25) is 0 Å². The quantitative estimate of drug-likeness (QED) is 0.621. The molecule has 0 N–H and O–H groups in total. The standard InChI is InChI=1S/C21H24N6O2S/c1-16-5-7-18(8-6-16)30(28,29)27-13-10-19-20(23-15-24-21(19)27)25(2)26-12-3-4-17(14-26)9-11-22/h5-8,10,13,15,17H,3-4,9,12,14H2,1-2H3. The van der Waals surface area contributed by atoms with E-state index in [0.29, 0.717) is 29.2 Å². The maximum atomic E-state index is 13.2. The summed E-state index contributed by atoms with van der Waals surface area (Å²) in [4.78, 5) is 8.92. The van der Waals surface area contributed by atoms with Gasteiger partial charge in [-0.05, 0) is 43.9 Å². The fourth-order valence-corrected chi connectivity index (χ4v) is 5.24. The number of aryl methyl sites for hydroxylation is 1. The third kappa shape index (κ3) is 3.64. The Hall–Kier alpha value is -2.96. The van der Waals surface area contributed by atoms with Crippen LogP contribution < -0.4 is 5.01 Å². The molecule has 9 heteroatoms. The monoisotopic (exact) mass is 424 g/mol. The first kappa shape index (κ1) is 20.3. The molecule has 8 nitrogen and oxygen atoms in total. The Labute approximate surface area is 176 Å². The smallest absolute Gasteiger partial charge is 0.269 e. The molecule has 1 fully saturated rings. The molecule has 156 valence electrons. The van der Waals surface area contributed by atoms with Crippen LogP contribution in [0.4, 0.5) is 5.82 Å². The maximum absolute atomic E-state index is 13.2. The summed E-state index contributed by atoms with van der Waals surface area (Å²) < 4.78 is 27.5. The van der Waals surface area contributed by atoms with E-state index in [2.05, 4.69) is 21.0 Å². The number of benzene rings is 1. The van der Waals surface area contributed by atoms with Crippen LogP contribution in [-0.4, -0.2) is 47.5 Å².